The topological polar surface area (TPSA) is 82.2 Å². The van der Waals surface area contributed by atoms with Crippen molar-refractivity contribution in [1.82, 2.24) is 25.3 Å². The molecule has 0 aliphatic carbocycles. The molecular formula is C17H23N5O2. The first-order chi connectivity index (χ1) is 11.6. The molecule has 2 aromatic rings. The largest absolute Gasteiger partial charge is 0.349 e. The Morgan fingerprint density at radius 3 is 2.62 bits per heavy atom. The highest BCUT2D eigenvalue weighted by atomic mass is 16.2. The predicted molar refractivity (Wildman–Crippen MR) is 92.8 cm³/mol. The first-order valence-corrected chi connectivity index (χ1v) is 8.24. The fourth-order valence-electron chi connectivity index (χ4n) is 2.76. The van der Waals surface area contributed by atoms with E-state index in [1.807, 2.05) is 31.2 Å². The monoisotopic (exact) mass is 329 g/mol. The van der Waals surface area contributed by atoms with Crippen molar-refractivity contribution in [3.63, 3.8) is 0 Å². The van der Waals surface area contributed by atoms with Crippen LogP contribution < -0.4 is 16.2 Å². The number of benzene rings is 1. The van der Waals surface area contributed by atoms with Crippen LogP contribution in [0.5, 0.6) is 0 Å². The molecule has 1 aromatic heterocycles. The molecule has 0 bridgehead atoms. The standard InChI is InChI=1S/C17H23N5O2/c1-13-2-4-14(5-3-13)22-16(23)12-15(20-22)17(24)19-8-11-21-9-6-18-7-10-21/h2-5,12,18,20H,6-11H2,1H3,(H,19,24). The maximum Gasteiger partial charge on any atom is 0.271 e. The smallest absolute Gasteiger partial charge is 0.271 e. The number of hydrogen-bond donors (Lipinski definition) is 3. The van der Waals surface area contributed by atoms with E-state index >= 15 is 0 Å². The summed E-state index contributed by atoms with van der Waals surface area (Å²) in [6.45, 7) is 7.33. The van der Waals surface area contributed by atoms with Crippen LogP contribution >= 0.6 is 0 Å². The second-order valence-electron chi connectivity index (χ2n) is 6.03. The van der Waals surface area contributed by atoms with Gasteiger partial charge in [-0.05, 0) is 19.1 Å². The summed E-state index contributed by atoms with van der Waals surface area (Å²) in [6, 6.07) is 8.88. The van der Waals surface area contributed by atoms with E-state index in [1.165, 1.54) is 10.7 Å². The molecule has 1 amide bonds. The Bertz CT molecular complexity index is 741. The molecule has 1 saturated heterocycles. The van der Waals surface area contributed by atoms with Gasteiger partial charge in [-0.2, -0.15) is 0 Å². The van der Waals surface area contributed by atoms with Crippen LogP contribution in [0.1, 0.15) is 16.1 Å². The van der Waals surface area contributed by atoms with Gasteiger partial charge < -0.3 is 10.6 Å². The van der Waals surface area contributed by atoms with Crippen LogP contribution in [-0.2, 0) is 0 Å². The molecule has 128 valence electrons. The summed E-state index contributed by atoms with van der Waals surface area (Å²) in [4.78, 5) is 26.6. The van der Waals surface area contributed by atoms with Crippen LogP contribution in [0.2, 0.25) is 0 Å². The average Bonchev–Trinajstić information content (AvgIpc) is 2.98. The lowest BCUT2D eigenvalue weighted by Crippen LogP contribution is -2.46. The van der Waals surface area contributed by atoms with Crippen LogP contribution in [0.15, 0.2) is 35.1 Å². The highest BCUT2D eigenvalue weighted by Crippen LogP contribution is 2.06. The van der Waals surface area contributed by atoms with Crippen molar-refractivity contribution in [2.75, 3.05) is 39.3 Å². The maximum atomic E-state index is 12.2. The van der Waals surface area contributed by atoms with Crippen LogP contribution in [0.25, 0.3) is 5.69 Å². The summed E-state index contributed by atoms with van der Waals surface area (Å²) < 4.78 is 1.38. The number of carbonyl (C=O) groups excluding carboxylic acids is 1. The van der Waals surface area contributed by atoms with Gasteiger partial charge in [-0.3, -0.25) is 19.6 Å². The summed E-state index contributed by atoms with van der Waals surface area (Å²) in [5, 5.41) is 9.03. The molecule has 1 aromatic carbocycles. The van der Waals surface area contributed by atoms with Crippen molar-refractivity contribution < 1.29 is 4.79 Å². The van der Waals surface area contributed by atoms with E-state index in [0.717, 1.165) is 38.3 Å². The first kappa shape index (κ1) is 16.5. The van der Waals surface area contributed by atoms with E-state index in [2.05, 4.69) is 20.6 Å². The molecular weight excluding hydrogens is 306 g/mol. The van der Waals surface area contributed by atoms with E-state index in [1.54, 1.807) is 0 Å². The number of nitrogens with one attached hydrogen (secondary N) is 3. The van der Waals surface area contributed by atoms with Crippen molar-refractivity contribution >= 4 is 5.91 Å². The first-order valence-electron chi connectivity index (χ1n) is 8.24. The minimum atomic E-state index is -0.256. The molecule has 0 atom stereocenters. The number of aromatic amines is 1. The third-order valence-electron chi connectivity index (χ3n) is 4.18. The second kappa shape index (κ2) is 7.46. The van der Waals surface area contributed by atoms with E-state index in [9.17, 15) is 9.59 Å². The number of H-pyrrole nitrogens is 1. The Morgan fingerprint density at radius 2 is 1.92 bits per heavy atom. The van der Waals surface area contributed by atoms with Gasteiger partial charge in [-0.15, -0.1) is 0 Å². The van der Waals surface area contributed by atoms with Gasteiger partial charge in [0.15, 0.2) is 0 Å². The van der Waals surface area contributed by atoms with E-state index in [4.69, 9.17) is 0 Å². The van der Waals surface area contributed by atoms with Crippen molar-refractivity contribution in [3.05, 3.63) is 51.9 Å². The van der Waals surface area contributed by atoms with Crippen LogP contribution in [0.4, 0.5) is 0 Å². The minimum Gasteiger partial charge on any atom is -0.349 e. The molecule has 7 heteroatoms. The Hall–Kier alpha value is -2.38. The summed E-state index contributed by atoms with van der Waals surface area (Å²) in [7, 11) is 0. The van der Waals surface area contributed by atoms with E-state index in [0.29, 0.717) is 12.2 Å². The third kappa shape index (κ3) is 3.93. The SMILES string of the molecule is Cc1ccc(-n2[nH]c(C(=O)NCCN3CCNCC3)cc2=O)cc1. The number of amides is 1. The van der Waals surface area contributed by atoms with Crippen LogP contribution in [-0.4, -0.2) is 59.9 Å². The molecule has 1 aliphatic heterocycles. The number of carbonyl (C=O) groups is 1. The quantitative estimate of drug-likeness (QED) is 0.727. The fourth-order valence-corrected chi connectivity index (χ4v) is 2.76. The number of nitrogens with zero attached hydrogens (tertiary/aromatic N) is 2. The van der Waals surface area contributed by atoms with Gasteiger partial charge in [0.25, 0.3) is 11.5 Å². The van der Waals surface area contributed by atoms with Gasteiger partial charge in [0.1, 0.15) is 5.69 Å². The number of rotatable bonds is 5. The molecule has 0 saturated carbocycles. The Morgan fingerprint density at radius 1 is 1.21 bits per heavy atom. The number of hydrogen-bond acceptors (Lipinski definition) is 4. The van der Waals surface area contributed by atoms with Crippen LogP contribution in [0, 0.1) is 6.92 Å². The zero-order valence-electron chi connectivity index (χ0n) is 13.8. The molecule has 0 unspecified atom stereocenters. The highest BCUT2D eigenvalue weighted by Gasteiger charge is 2.13. The zero-order chi connectivity index (χ0) is 16.9. The Kier molecular flexibility index (Phi) is 5.12. The number of aromatic nitrogens is 2. The lowest BCUT2D eigenvalue weighted by Gasteiger charge is -2.26. The molecule has 3 rings (SSSR count). The molecule has 0 spiro atoms. The molecule has 7 nitrogen and oxygen atoms in total. The Balaban J connectivity index is 1.60. The molecule has 0 radical (unpaired) electrons. The summed E-state index contributed by atoms with van der Waals surface area (Å²) in [6.07, 6.45) is 0. The van der Waals surface area contributed by atoms with Gasteiger partial charge in [0.05, 0.1) is 5.69 Å². The van der Waals surface area contributed by atoms with Crippen molar-refractivity contribution in [3.8, 4) is 5.69 Å². The average molecular weight is 329 g/mol. The maximum absolute atomic E-state index is 12.2. The number of piperazine rings is 1. The van der Waals surface area contributed by atoms with Crippen LogP contribution in [0.3, 0.4) is 0 Å². The van der Waals surface area contributed by atoms with Gasteiger partial charge in [-0.1, -0.05) is 17.7 Å². The number of aryl methyl sites for hydroxylation is 1. The van der Waals surface area contributed by atoms with Gasteiger partial charge in [-0.25, -0.2) is 4.68 Å². The highest BCUT2D eigenvalue weighted by molar-refractivity contribution is 5.92. The van der Waals surface area contributed by atoms with Gasteiger partial charge >= 0.3 is 0 Å². The van der Waals surface area contributed by atoms with Crippen molar-refractivity contribution in [1.29, 1.82) is 0 Å². The fraction of sp³-hybridized carbons (Fsp3) is 0.412. The lowest BCUT2D eigenvalue weighted by atomic mass is 10.2. The van der Waals surface area contributed by atoms with E-state index < -0.39 is 0 Å². The normalized spacial score (nSPS) is 15.4. The molecule has 2 heterocycles. The third-order valence-corrected chi connectivity index (χ3v) is 4.18. The molecule has 3 N–H and O–H groups in total. The van der Waals surface area contributed by atoms with Crippen molar-refractivity contribution in [2.45, 2.75) is 6.92 Å². The predicted octanol–water partition coefficient (Wildman–Crippen LogP) is 0.109. The van der Waals surface area contributed by atoms with E-state index in [-0.39, 0.29) is 17.2 Å². The van der Waals surface area contributed by atoms with Gasteiger partial charge in [0, 0.05) is 45.3 Å². The van der Waals surface area contributed by atoms with Crippen molar-refractivity contribution in [2.24, 2.45) is 0 Å². The molecule has 1 fully saturated rings. The Labute approximate surface area is 140 Å². The summed E-state index contributed by atoms with van der Waals surface area (Å²) in [5.74, 6) is -0.256. The summed E-state index contributed by atoms with van der Waals surface area (Å²) >= 11 is 0. The zero-order valence-corrected chi connectivity index (χ0v) is 13.8. The lowest BCUT2D eigenvalue weighted by molar-refractivity contribution is 0.0942. The minimum absolute atomic E-state index is 0.244. The second-order valence-corrected chi connectivity index (χ2v) is 6.03. The molecule has 24 heavy (non-hydrogen) atoms. The van der Waals surface area contributed by atoms with Gasteiger partial charge in [0.2, 0.25) is 0 Å². The molecule has 1 aliphatic rings. The summed E-state index contributed by atoms with van der Waals surface area (Å²) in [5.41, 5.74) is 1.86.